The van der Waals surface area contributed by atoms with E-state index >= 15 is 0 Å². The summed E-state index contributed by atoms with van der Waals surface area (Å²) >= 11 is 13.3. The molecule has 2 heterocycles. The minimum Gasteiger partial charge on any atom is -0.334 e. The second kappa shape index (κ2) is 9.58. The van der Waals surface area contributed by atoms with E-state index in [0.717, 1.165) is 11.1 Å². The van der Waals surface area contributed by atoms with Crippen molar-refractivity contribution in [2.24, 2.45) is 0 Å². The average Bonchev–Trinajstić information content (AvgIpc) is 3.02. The molecule has 0 saturated heterocycles. The Morgan fingerprint density at radius 2 is 2.06 bits per heavy atom. The Balaban J connectivity index is 1.96. The molecule has 0 spiro atoms. The molecule has 6 nitrogen and oxygen atoms in total. The molecule has 0 amide bonds. The average molecular weight is 610 g/mol. The number of hydrogen-bond donors (Lipinski definition) is 0. The van der Waals surface area contributed by atoms with Crippen molar-refractivity contribution in [3.63, 3.8) is 0 Å². The van der Waals surface area contributed by atoms with Crippen LogP contribution in [-0.2, 0) is 29.1 Å². The van der Waals surface area contributed by atoms with Crippen LogP contribution in [0.2, 0.25) is 5.02 Å². The number of fused-ring (bicyclic) bond motifs is 2. The maximum absolute atomic E-state index is 14.9. The number of nitro benzene ring substituents is 1. The van der Waals surface area contributed by atoms with Gasteiger partial charge in [-0.1, -0.05) is 55.6 Å². The Morgan fingerprint density at radius 3 is 2.72 bits per heavy atom. The topological polar surface area (TPSA) is 66.7 Å². The number of hydrogen-bond acceptors (Lipinski definition) is 4. The second-order valence-electron chi connectivity index (χ2n) is 7.53. The quantitative estimate of drug-likeness (QED) is 0.189. The zero-order chi connectivity index (χ0) is 23.0. The van der Waals surface area contributed by atoms with E-state index in [1.165, 1.54) is 12.1 Å². The van der Waals surface area contributed by atoms with E-state index in [9.17, 15) is 18.7 Å². The predicted molar refractivity (Wildman–Crippen MR) is 135 cm³/mol. The summed E-state index contributed by atoms with van der Waals surface area (Å²) in [7, 11) is -2.99. The van der Waals surface area contributed by atoms with Crippen molar-refractivity contribution < 1.29 is 13.5 Å². The first-order valence-electron chi connectivity index (χ1n) is 10.0. The molecule has 0 fully saturated rings. The van der Waals surface area contributed by atoms with Crippen LogP contribution in [0.4, 0.5) is 15.8 Å². The standard InChI is InChI=1S/C21H21Br2ClFN3O3S/c22-6-9-27-20(12-23)32(31,26-8-5-17-15(13-26)2-1-3-18(17)24)19-11-16(28(29)30)10-14(4-7-25)21(19)27/h1-3,10-11H,4-9,12-13H2. The minimum atomic E-state index is -2.99. The maximum Gasteiger partial charge on any atom is 0.271 e. The summed E-state index contributed by atoms with van der Waals surface area (Å²) in [5.41, 5.74) is 3.00. The maximum atomic E-state index is 14.9. The van der Waals surface area contributed by atoms with Gasteiger partial charge in [0.1, 0.15) is 4.99 Å². The van der Waals surface area contributed by atoms with Gasteiger partial charge in [-0.05, 0) is 29.2 Å². The third-order valence-electron chi connectivity index (χ3n) is 5.86. The highest BCUT2D eigenvalue weighted by molar-refractivity contribution is 9.09. The molecule has 0 radical (unpaired) electrons. The van der Waals surface area contributed by atoms with Gasteiger partial charge in [0.2, 0.25) is 0 Å². The normalized spacial score (nSPS) is 20.4. The highest BCUT2D eigenvalue weighted by atomic mass is 79.9. The molecule has 4 rings (SSSR count). The molecule has 0 aromatic heterocycles. The molecule has 1 unspecified atom stereocenters. The van der Waals surface area contributed by atoms with Crippen LogP contribution in [0.15, 0.2) is 35.2 Å². The van der Waals surface area contributed by atoms with E-state index in [4.69, 9.17) is 11.6 Å². The van der Waals surface area contributed by atoms with Crippen molar-refractivity contribution in [2.45, 2.75) is 24.3 Å². The number of alkyl halides is 3. The molecule has 1 atom stereocenters. The van der Waals surface area contributed by atoms with Gasteiger partial charge in [-0.2, -0.15) is 0 Å². The molecule has 2 aliphatic rings. The van der Waals surface area contributed by atoms with Crippen molar-refractivity contribution in [2.75, 3.05) is 35.3 Å². The summed E-state index contributed by atoms with van der Waals surface area (Å²) in [6.45, 7) is 0.761. The second-order valence-corrected chi connectivity index (χ2v) is 11.8. The zero-order valence-electron chi connectivity index (χ0n) is 17.0. The van der Waals surface area contributed by atoms with Crippen molar-refractivity contribution in [1.82, 2.24) is 4.31 Å². The number of nitrogens with zero attached hydrogens (tertiary/aromatic N) is 3. The summed E-state index contributed by atoms with van der Waals surface area (Å²) in [5, 5.41) is 13.3. The van der Waals surface area contributed by atoms with Gasteiger partial charge in [0, 0.05) is 48.5 Å². The highest BCUT2D eigenvalue weighted by Crippen LogP contribution is 2.43. The van der Waals surface area contributed by atoms with E-state index in [1.807, 2.05) is 27.4 Å². The molecule has 11 heteroatoms. The van der Waals surface area contributed by atoms with Gasteiger partial charge >= 0.3 is 0 Å². The Morgan fingerprint density at radius 1 is 1.28 bits per heavy atom. The number of halogens is 4. The largest absolute Gasteiger partial charge is 0.334 e. The summed E-state index contributed by atoms with van der Waals surface area (Å²) in [6, 6.07) is 8.50. The molecule has 0 N–H and O–H groups in total. The first-order chi connectivity index (χ1) is 15.4. The number of aryl methyl sites for hydroxylation is 1. The van der Waals surface area contributed by atoms with Crippen LogP contribution in [0.3, 0.4) is 0 Å². The van der Waals surface area contributed by atoms with Crippen LogP contribution in [0, 0.1) is 10.1 Å². The number of benzene rings is 2. The van der Waals surface area contributed by atoms with E-state index in [-0.39, 0.29) is 12.1 Å². The first kappa shape index (κ1) is 23.9. The lowest BCUT2D eigenvalue weighted by Gasteiger charge is -2.32. The molecule has 0 saturated carbocycles. The molecule has 2 aromatic carbocycles. The van der Waals surface area contributed by atoms with E-state index in [0.29, 0.717) is 62.9 Å². The molecule has 172 valence electrons. The summed E-state index contributed by atoms with van der Waals surface area (Å²) in [4.78, 5) is 14.1. The Kier molecular flexibility index (Phi) is 7.17. The number of nitro groups is 1. The number of rotatable bonds is 7. The summed E-state index contributed by atoms with van der Waals surface area (Å²) < 4.78 is 30.2. The smallest absolute Gasteiger partial charge is 0.271 e. The van der Waals surface area contributed by atoms with Gasteiger partial charge < -0.3 is 4.90 Å². The van der Waals surface area contributed by atoms with Gasteiger partial charge in [0.25, 0.3) is 5.69 Å². The van der Waals surface area contributed by atoms with Crippen LogP contribution < -0.4 is 4.90 Å². The fraction of sp³-hybridized carbons (Fsp3) is 0.381. The number of anilines is 1. The van der Waals surface area contributed by atoms with E-state index < -0.39 is 21.3 Å². The first-order valence-corrected chi connectivity index (χ1v) is 14.2. The van der Waals surface area contributed by atoms with Gasteiger partial charge in [-0.15, -0.1) is 0 Å². The third-order valence-corrected chi connectivity index (χ3v) is 10.4. The Hall–Kier alpha value is -1.20. The molecular formula is C21H21Br2ClFN3O3S. The molecule has 0 bridgehead atoms. The van der Waals surface area contributed by atoms with Crippen LogP contribution in [-0.4, -0.2) is 48.9 Å². The lowest BCUT2D eigenvalue weighted by molar-refractivity contribution is -0.385. The van der Waals surface area contributed by atoms with Gasteiger partial charge in [-0.25, -0.2) is 8.51 Å². The molecule has 2 aliphatic heterocycles. The fourth-order valence-corrected chi connectivity index (χ4v) is 9.27. The molecule has 32 heavy (non-hydrogen) atoms. The van der Waals surface area contributed by atoms with Gasteiger partial charge in [-0.3, -0.25) is 14.5 Å². The highest BCUT2D eigenvalue weighted by Gasteiger charge is 2.41. The lowest BCUT2D eigenvalue weighted by atomic mass is 10.0. The van der Waals surface area contributed by atoms with E-state index in [2.05, 4.69) is 31.9 Å². The molecular weight excluding hydrogens is 589 g/mol. The van der Waals surface area contributed by atoms with Crippen LogP contribution in [0.5, 0.6) is 0 Å². The van der Waals surface area contributed by atoms with Gasteiger partial charge in [0.15, 0.2) is 0 Å². The molecule has 2 aromatic rings. The number of non-ortho nitro benzene ring substituents is 1. The van der Waals surface area contributed by atoms with Crippen molar-refractivity contribution in [3.8, 4) is 0 Å². The molecule has 0 aliphatic carbocycles. The SMILES string of the molecule is O=[N+]([O-])c1cc(CCF)c2c(c1)S(=O)(N1CCc3c(Cl)cccc3C1)=C(CBr)N2CCBr. The van der Waals surface area contributed by atoms with Crippen molar-refractivity contribution in [3.05, 3.63) is 62.2 Å². The lowest BCUT2D eigenvalue weighted by Crippen LogP contribution is -2.42. The van der Waals surface area contributed by atoms with Crippen LogP contribution >= 0.6 is 43.5 Å². The fourth-order valence-electron chi connectivity index (χ4n) is 4.48. The summed E-state index contributed by atoms with van der Waals surface area (Å²) in [6.07, 6.45) is 0.647. The Labute approximate surface area is 208 Å². The zero-order valence-corrected chi connectivity index (χ0v) is 21.8. The van der Waals surface area contributed by atoms with E-state index in [1.54, 1.807) is 0 Å². The van der Waals surface area contributed by atoms with Crippen molar-refractivity contribution >= 4 is 69.5 Å². The summed E-state index contributed by atoms with van der Waals surface area (Å²) in [5.74, 6) is 0. The monoisotopic (exact) mass is 607 g/mol. The van der Waals surface area contributed by atoms with Crippen molar-refractivity contribution in [1.29, 1.82) is 0 Å². The van der Waals surface area contributed by atoms with Gasteiger partial charge in [0.05, 0.1) is 37.2 Å². The third kappa shape index (κ3) is 3.87. The van der Waals surface area contributed by atoms with Crippen LogP contribution in [0.1, 0.15) is 16.7 Å². The minimum absolute atomic E-state index is 0.0202. The Bertz CT molecular complexity index is 1200. The van der Waals surface area contributed by atoms with Crippen LogP contribution in [0.25, 0.3) is 0 Å². The predicted octanol–water partition coefficient (Wildman–Crippen LogP) is 5.12.